The fourth-order valence-electron chi connectivity index (χ4n) is 1.58. The molecule has 118 valence electrons. The van der Waals surface area contributed by atoms with Crippen molar-refractivity contribution in [1.82, 2.24) is 5.32 Å². The Morgan fingerprint density at radius 3 is 2.52 bits per heavy atom. The van der Waals surface area contributed by atoms with E-state index in [0.29, 0.717) is 13.0 Å². The molecule has 5 nitrogen and oxygen atoms in total. The summed E-state index contributed by atoms with van der Waals surface area (Å²) < 4.78 is 27.7. The molecule has 0 bridgehead atoms. The number of ether oxygens (including phenoxy) is 1. The Bertz CT molecular complexity index is 634. The molecular formula is C12H14Cl3NO4S. The maximum Gasteiger partial charge on any atom is 0.262 e. The summed E-state index contributed by atoms with van der Waals surface area (Å²) in [5.41, 5.74) is -0.0485. The molecule has 0 aliphatic heterocycles. The molecule has 1 unspecified atom stereocenters. The van der Waals surface area contributed by atoms with Gasteiger partial charge >= 0.3 is 0 Å². The molecule has 0 radical (unpaired) electrons. The predicted molar refractivity (Wildman–Crippen MR) is 82.9 cm³/mol. The Labute approximate surface area is 137 Å². The fourth-order valence-corrected chi connectivity index (χ4v) is 3.43. The third kappa shape index (κ3) is 5.30. The average molecular weight is 375 g/mol. The number of carbonyl (C=O) groups excluding carboxylic acids is 1. The number of benzene rings is 1. The summed E-state index contributed by atoms with van der Waals surface area (Å²) in [6.45, 7) is 2.26. The zero-order valence-electron chi connectivity index (χ0n) is 11.3. The van der Waals surface area contributed by atoms with Crippen LogP contribution in [0.2, 0.25) is 10.0 Å². The van der Waals surface area contributed by atoms with Gasteiger partial charge in [-0.05, 0) is 25.5 Å². The van der Waals surface area contributed by atoms with E-state index in [1.54, 1.807) is 14.0 Å². The molecule has 0 spiro atoms. The monoisotopic (exact) mass is 373 g/mol. The SMILES string of the molecule is COCCC(C)NC(=O)c1cc(Cl)cc(S(=O)(=O)Cl)c1Cl. The van der Waals surface area contributed by atoms with Crippen LogP contribution in [0.25, 0.3) is 0 Å². The van der Waals surface area contributed by atoms with Gasteiger partial charge in [0.1, 0.15) is 4.90 Å². The third-order valence-electron chi connectivity index (χ3n) is 2.64. The van der Waals surface area contributed by atoms with Crippen molar-refractivity contribution < 1.29 is 17.9 Å². The summed E-state index contributed by atoms with van der Waals surface area (Å²) in [6.07, 6.45) is 0.598. The number of hydrogen-bond acceptors (Lipinski definition) is 4. The Balaban J connectivity index is 3.08. The van der Waals surface area contributed by atoms with Gasteiger partial charge in [0, 0.05) is 35.5 Å². The minimum Gasteiger partial charge on any atom is -0.385 e. The lowest BCUT2D eigenvalue weighted by atomic mass is 10.1. The molecule has 1 rings (SSSR count). The maximum absolute atomic E-state index is 12.1. The lowest BCUT2D eigenvalue weighted by molar-refractivity contribution is 0.0929. The molecule has 0 aromatic heterocycles. The number of carbonyl (C=O) groups is 1. The lowest BCUT2D eigenvalue weighted by Crippen LogP contribution is -2.33. The van der Waals surface area contributed by atoms with Gasteiger partial charge in [0.25, 0.3) is 15.0 Å². The van der Waals surface area contributed by atoms with Crippen molar-refractivity contribution in [3.05, 3.63) is 27.7 Å². The zero-order chi connectivity index (χ0) is 16.2. The molecule has 1 aromatic rings. The van der Waals surface area contributed by atoms with Crippen LogP contribution < -0.4 is 5.32 Å². The second kappa shape index (κ2) is 7.65. The largest absolute Gasteiger partial charge is 0.385 e. The van der Waals surface area contributed by atoms with Gasteiger partial charge in [0.2, 0.25) is 0 Å². The third-order valence-corrected chi connectivity index (χ3v) is 4.73. The highest BCUT2D eigenvalue weighted by Gasteiger charge is 2.22. The molecule has 0 saturated carbocycles. The molecule has 0 heterocycles. The standard InChI is InChI=1S/C12H14Cl3NO4S/c1-7(3-4-20-2)16-12(17)9-5-8(13)6-10(11(9)14)21(15,18)19/h5-7H,3-4H2,1-2H3,(H,16,17). The highest BCUT2D eigenvalue weighted by molar-refractivity contribution is 8.13. The molecule has 0 fully saturated rings. The van der Waals surface area contributed by atoms with E-state index in [1.165, 1.54) is 6.07 Å². The summed E-state index contributed by atoms with van der Waals surface area (Å²) >= 11 is 11.8. The Hall–Kier alpha value is -0.530. The van der Waals surface area contributed by atoms with E-state index in [2.05, 4.69) is 5.32 Å². The summed E-state index contributed by atoms with van der Waals surface area (Å²) in [6, 6.07) is 2.20. The van der Waals surface area contributed by atoms with Crippen LogP contribution in [0.5, 0.6) is 0 Å². The maximum atomic E-state index is 12.1. The van der Waals surface area contributed by atoms with Crippen molar-refractivity contribution in [3.8, 4) is 0 Å². The second-order valence-corrected chi connectivity index (χ2v) is 7.71. The number of rotatable bonds is 6. The van der Waals surface area contributed by atoms with Crippen LogP contribution in [0.1, 0.15) is 23.7 Å². The van der Waals surface area contributed by atoms with Crippen LogP contribution in [0.15, 0.2) is 17.0 Å². The first-order chi connectivity index (χ1) is 9.66. The van der Waals surface area contributed by atoms with Crippen LogP contribution in [0, 0.1) is 0 Å². The Morgan fingerprint density at radius 1 is 1.38 bits per heavy atom. The Morgan fingerprint density at radius 2 is 2.00 bits per heavy atom. The van der Waals surface area contributed by atoms with Crippen LogP contribution in [0.3, 0.4) is 0 Å². The van der Waals surface area contributed by atoms with Gasteiger partial charge in [0.05, 0.1) is 10.6 Å². The zero-order valence-corrected chi connectivity index (χ0v) is 14.4. The van der Waals surface area contributed by atoms with Gasteiger partial charge in [-0.15, -0.1) is 0 Å². The van der Waals surface area contributed by atoms with Crippen molar-refractivity contribution in [2.75, 3.05) is 13.7 Å². The summed E-state index contributed by atoms with van der Waals surface area (Å²) in [7, 11) is 2.72. The molecule has 0 saturated heterocycles. The summed E-state index contributed by atoms with van der Waals surface area (Å²) in [4.78, 5) is 11.7. The molecule has 1 atom stereocenters. The number of methoxy groups -OCH3 is 1. The van der Waals surface area contributed by atoms with E-state index in [9.17, 15) is 13.2 Å². The predicted octanol–water partition coefficient (Wildman–Crippen LogP) is 3.08. The summed E-state index contributed by atoms with van der Waals surface area (Å²) in [5.74, 6) is -0.535. The molecule has 21 heavy (non-hydrogen) atoms. The van der Waals surface area contributed by atoms with Gasteiger partial charge < -0.3 is 10.1 Å². The van der Waals surface area contributed by atoms with Crippen molar-refractivity contribution in [2.45, 2.75) is 24.3 Å². The van der Waals surface area contributed by atoms with Gasteiger partial charge in [-0.2, -0.15) is 0 Å². The van der Waals surface area contributed by atoms with E-state index in [0.717, 1.165) is 6.07 Å². The van der Waals surface area contributed by atoms with Crippen LogP contribution >= 0.6 is 33.9 Å². The summed E-state index contributed by atoms with van der Waals surface area (Å²) in [5, 5.41) is 2.47. The average Bonchev–Trinajstić information content (AvgIpc) is 2.37. The number of amides is 1. The normalized spacial score (nSPS) is 13.0. The highest BCUT2D eigenvalue weighted by atomic mass is 35.7. The Kier molecular flexibility index (Phi) is 6.74. The number of nitrogens with one attached hydrogen (secondary N) is 1. The van der Waals surface area contributed by atoms with Gasteiger partial charge in [-0.3, -0.25) is 4.79 Å². The van der Waals surface area contributed by atoms with Crippen LogP contribution in [-0.4, -0.2) is 34.1 Å². The molecular weight excluding hydrogens is 361 g/mol. The first-order valence-corrected chi connectivity index (χ1v) is 8.97. The highest BCUT2D eigenvalue weighted by Crippen LogP contribution is 2.31. The van der Waals surface area contributed by atoms with E-state index in [-0.39, 0.29) is 21.7 Å². The molecule has 9 heteroatoms. The minimum absolute atomic E-state index is 0.0485. The second-order valence-electron chi connectivity index (χ2n) is 4.36. The first kappa shape index (κ1) is 18.5. The molecule has 1 N–H and O–H groups in total. The van der Waals surface area contributed by atoms with Crippen molar-refractivity contribution in [3.63, 3.8) is 0 Å². The smallest absolute Gasteiger partial charge is 0.262 e. The quantitative estimate of drug-likeness (QED) is 0.777. The van der Waals surface area contributed by atoms with Crippen molar-refractivity contribution in [2.24, 2.45) is 0 Å². The van der Waals surface area contributed by atoms with E-state index >= 15 is 0 Å². The fraction of sp³-hybridized carbons (Fsp3) is 0.417. The van der Waals surface area contributed by atoms with E-state index in [1.807, 2.05) is 0 Å². The number of hydrogen-bond donors (Lipinski definition) is 1. The lowest BCUT2D eigenvalue weighted by Gasteiger charge is -2.15. The first-order valence-electron chi connectivity index (χ1n) is 5.90. The molecule has 1 amide bonds. The van der Waals surface area contributed by atoms with Gasteiger partial charge in [-0.25, -0.2) is 8.42 Å². The number of halogens is 3. The van der Waals surface area contributed by atoms with Crippen molar-refractivity contribution in [1.29, 1.82) is 0 Å². The van der Waals surface area contributed by atoms with E-state index < -0.39 is 19.9 Å². The molecule has 0 aliphatic rings. The van der Waals surface area contributed by atoms with Gasteiger partial charge in [0.15, 0.2) is 0 Å². The van der Waals surface area contributed by atoms with Crippen molar-refractivity contribution >= 4 is 48.8 Å². The molecule has 1 aromatic carbocycles. The van der Waals surface area contributed by atoms with Crippen LogP contribution in [0.4, 0.5) is 0 Å². The van der Waals surface area contributed by atoms with Gasteiger partial charge in [-0.1, -0.05) is 23.2 Å². The minimum atomic E-state index is -4.10. The van der Waals surface area contributed by atoms with Crippen LogP contribution in [-0.2, 0) is 13.8 Å². The van der Waals surface area contributed by atoms with E-state index in [4.69, 9.17) is 38.6 Å². The molecule has 0 aliphatic carbocycles. The topological polar surface area (TPSA) is 72.5 Å².